The summed E-state index contributed by atoms with van der Waals surface area (Å²) in [7, 11) is 0. The SMILES string of the molecule is C[C@@H](NC(=O)Cc1cc2c(F)c(F)ccc2[nH]c1=O)c1ncc(C#N)cn1. The Morgan fingerprint density at radius 1 is 1.33 bits per heavy atom. The van der Waals surface area contributed by atoms with Crippen LogP contribution in [-0.4, -0.2) is 20.9 Å². The van der Waals surface area contributed by atoms with Crippen molar-refractivity contribution in [3.8, 4) is 6.07 Å². The number of rotatable bonds is 4. The van der Waals surface area contributed by atoms with Crippen LogP contribution in [0.1, 0.15) is 29.9 Å². The molecule has 0 saturated heterocycles. The maximum atomic E-state index is 13.9. The number of aromatic nitrogens is 3. The van der Waals surface area contributed by atoms with Gasteiger partial charge in [-0.05, 0) is 25.1 Å². The third-order valence-electron chi connectivity index (χ3n) is 3.91. The van der Waals surface area contributed by atoms with Crippen LogP contribution in [0.25, 0.3) is 10.9 Å². The number of amides is 1. The molecule has 2 N–H and O–H groups in total. The number of hydrogen-bond acceptors (Lipinski definition) is 5. The monoisotopic (exact) mass is 369 g/mol. The molecule has 0 fully saturated rings. The van der Waals surface area contributed by atoms with E-state index in [1.807, 2.05) is 6.07 Å². The zero-order chi connectivity index (χ0) is 19.6. The van der Waals surface area contributed by atoms with Gasteiger partial charge in [0.1, 0.15) is 11.9 Å². The van der Waals surface area contributed by atoms with E-state index >= 15 is 0 Å². The van der Waals surface area contributed by atoms with Crippen molar-refractivity contribution < 1.29 is 13.6 Å². The van der Waals surface area contributed by atoms with Gasteiger partial charge < -0.3 is 10.3 Å². The Bertz CT molecular complexity index is 1120. The Hall–Kier alpha value is -3.67. The molecule has 3 rings (SSSR count). The van der Waals surface area contributed by atoms with Gasteiger partial charge in [0, 0.05) is 23.3 Å². The molecule has 0 saturated carbocycles. The van der Waals surface area contributed by atoms with E-state index in [0.29, 0.717) is 5.82 Å². The van der Waals surface area contributed by atoms with Crippen LogP contribution in [0.4, 0.5) is 8.78 Å². The molecule has 27 heavy (non-hydrogen) atoms. The molecule has 0 aliphatic heterocycles. The topological polar surface area (TPSA) is 112 Å². The van der Waals surface area contributed by atoms with Crippen LogP contribution in [0.15, 0.2) is 35.4 Å². The second-order valence-electron chi connectivity index (χ2n) is 5.85. The lowest BCUT2D eigenvalue weighted by molar-refractivity contribution is -0.121. The highest BCUT2D eigenvalue weighted by molar-refractivity contribution is 5.83. The third-order valence-corrected chi connectivity index (χ3v) is 3.91. The van der Waals surface area contributed by atoms with Gasteiger partial charge in [0.25, 0.3) is 5.56 Å². The van der Waals surface area contributed by atoms with E-state index in [4.69, 9.17) is 5.26 Å². The van der Waals surface area contributed by atoms with Crippen LogP contribution in [0, 0.1) is 23.0 Å². The first-order valence-corrected chi connectivity index (χ1v) is 7.90. The van der Waals surface area contributed by atoms with E-state index < -0.39 is 29.1 Å². The number of hydrogen-bond donors (Lipinski definition) is 2. The predicted octanol–water partition coefficient (Wildman–Crippen LogP) is 1.89. The van der Waals surface area contributed by atoms with E-state index in [-0.39, 0.29) is 28.5 Å². The van der Waals surface area contributed by atoms with E-state index in [1.54, 1.807) is 6.92 Å². The van der Waals surface area contributed by atoms with Gasteiger partial charge >= 0.3 is 0 Å². The summed E-state index contributed by atoms with van der Waals surface area (Å²) in [4.78, 5) is 34.7. The van der Waals surface area contributed by atoms with E-state index in [1.165, 1.54) is 18.5 Å². The molecule has 0 radical (unpaired) electrons. The Morgan fingerprint density at radius 2 is 2.04 bits per heavy atom. The van der Waals surface area contributed by atoms with Crippen molar-refractivity contribution in [3.63, 3.8) is 0 Å². The van der Waals surface area contributed by atoms with Crippen LogP contribution < -0.4 is 10.9 Å². The van der Waals surface area contributed by atoms with Crippen molar-refractivity contribution in [1.82, 2.24) is 20.3 Å². The molecular formula is C18H13F2N5O2. The van der Waals surface area contributed by atoms with Gasteiger partial charge in [-0.3, -0.25) is 9.59 Å². The molecular weight excluding hydrogens is 356 g/mol. The smallest absolute Gasteiger partial charge is 0.252 e. The molecule has 7 nitrogen and oxygen atoms in total. The molecule has 0 aliphatic rings. The van der Waals surface area contributed by atoms with E-state index in [9.17, 15) is 18.4 Å². The Morgan fingerprint density at radius 3 is 2.70 bits per heavy atom. The summed E-state index contributed by atoms with van der Waals surface area (Å²) < 4.78 is 27.3. The van der Waals surface area contributed by atoms with E-state index in [0.717, 1.165) is 12.1 Å². The minimum Gasteiger partial charge on any atom is -0.346 e. The first-order chi connectivity index (χ1) is 12.9. The molecule has 9 heteroatoms. The number of fused-ring (bicyclic) bond motifs is 1. The number of carbonyl (C=O) groups excluding carboxylic acids is 1. The van der Waals surface area contributed by atoms with Gasteiger partial charge in [-0.15, -0.1) is 0 Å². The van der Waals surface area contributed by atoms with Crippen LogP contribution in [0.5, 0.6) is 0 Å². The fourth-order valence-corrected chi connectivity index (χ4v) is 2.54. The number of H-pyrrole nitrogens is 1. The van der Waals surface area contributed by atoms with Crippen LogP contribution in [0.2, 0.25) is 0 Å². The molecule has 1 aromatic carbocycles. The maximum absolute atomic E-state index is 13.9. The lowest BCUT2D eigenvalue weighted by atomic mass is 10.1. The van der Waals surface area contributed by atoms with Crippen molar-refractivity contribution in [2.75, 3.05) is 0 Å². The lowest BCUT2D eigenvalue weighted by Gasteiger charge is -2.12. The summed E-state index contributed by atoms with van der Waals surface area (Å²) in [5, 5.41) is 11.2. The van der Waals surface area contributed by atoms with Gasteiger partial charge in [-0.1, -0.05) is 0 Å². The minimum atomic E-state index is -1.09. The molecule has 1 atom stereocenters. The Labute approximate surface area is 151 Å². The highest BCUT2D eigenvalue weighted by atomic mass is 19.2. The first kappa shape index (κ1) is 18.1. The molecule has 0 bridgehead atoms. The number of halogens is 2. The number of benzene rings is 1. The van der Waals surface area contributed by atoms with Crippen molar-refractivity contribution in [1.29, 1.82) is 5.26 Å². The lowest BCUT2D eigenvalue weighted by Crippen LogP contribution is -2.31. The Kier molecular flexibility index (Phi) is 4.90. The molecule has 2 aromatic heterocycles. The number of aromatic amines is 1. The summed E-state index contributed by atoms with van der Waals surface area (Å²) in [5.74, 6) is -2.36. The van der Waals surface area contributed by atoms with Gasteiger partial charge in [-0.25, -0.2) is 18.7 Å². The van der Waals surface area contributed by atoms with Gasteiger partial charge in [0.15, 0.2) is 11.6 Å². The predicted molar refractivity (Wildman–Crippen MR) is 91.5 cm³/mol. The van der Waals surface area contributed by atoms with Crippen LogP contribution >= 0.6 is 0 Å². The average Bonchev–Trinajstić information content (AvgIpc) is 2.66. The highest BCUT2D eigenvalue weighted by Gasteiger charge is 2.16. The largest absolute Gasteiger partial charge is 0.346 e. The van der Waals surface area contributed by atoms with Crippen LogP contribution in [-0.2, 0) is 11.2 Å². The standard InChI is InChI=1S/C18H13F2N5O2/c1-9(17-22-7-10(6-21)8-23-17)24-15(26)5-11-4-12-14(25-18(11)27)3-2-13(19)16(12)20/h2-4,7-9H,5H2,1H3,(H,24,26)(H,25,27)/t9-/m1/s1. The second kappa shape index (κ2) is 7.29. The third kappa shape index (κ3) is 3.79. The van der Waals surface area contributed by atoms with E-state index in [2.05, 4.69) is 20.3 Å². The number of carbonyl (C=O) groups is 1. The Balaban J connectivity index is 1.79. The normalized spacial score (nSPS) is 11.8. The fraction of sp³-hybridized carbons (Fsp3) is 0.167. The van der Waals surface area contributed by atoms with Gasteiger partial charge in [0.05, 0.1) is 23.5 Å². The van der Waals surface area contributed by atoms with Crippen molar-refractivity contribution >= 4 is 16.8 Å². The zero-order valence-corrected chi connectivity index (χ0v) is 14.1. The number of nitriles is 1. The van der Waals surface area contributed by atoms with Crippen molar-refractivity contribution in [2.24, 2.45) is 0 Å². The number of nitrogens with zero attached hydrogens (tertiary/aromatic N) is 3. The zero-order valence-electron chi connectivity index (χ0n) is 14.1. The molecule has 1 amide bonds. The number of nitrogens with one attached hydrogen (secondary N) is 2. The first-order valence-electron chi connectivity index (χ1n) is 7.90. The van der Waals surface area contributed by atoms with Crippen molar-refractivity contribution in [3.05, 3.63) is 69.5 Å². The number of pyridine rings is 1. The molecule has 136 valence electrons. The quantitative estimate of drug-likeness (QED) is 0.729. The molecule has 2 heterocycles. The minimum absolute atomic E-state index is 0.00236. The fourth-order valence-electron chi connectivity index (χ4n) is 2.54. The van der Waals surface area contributed by atoms with Gasteiger partial charge in [0.2, 0.25) is 5.91 Å². The molecule has 0 unspecified atom stereocenters. The second-order valence-corrected chi connectivity index (χ2v) is 5.85. The summed E-state index contributed by atoms with van der Waals surface area (Å²) in [6, 6.07) is 4.65. The molecule has 0 spiro atoms. The summed E-state index contributed by atoms with van der Waals surface area (Å²) >= 11 is 0. The molecule has 0 aliphatic carbocycles. The highest BCUT2D eigenvalue weighted by Crippen LogP contribution is 2.18. The maximum Gasteiger partial charge on any atom is 0.252 e. The van der Waals surface area contributed by atoms with Crippen molar-refractivity contribution in [2.45, 2.75) is 19.4 Å². The average molecular weight is 369 g/mol. The summed E-state index contributed by atoms with van der Waals surface area (Å²) in [5.41, 5.74) is -0.139. The summed E-state index contributed by atoms with van der Waals surface area (Å²) in [6.45, 7) is 1.64. The van der Waals surface area contributed by atoms with Gasteiger partial charge in [-0.2, -0.15) is 5.26 Å². The summed E-state index contributed by atoms with van der Waals surface area (Å²) in [6.07, 6.45) is 2.33. The molecule has 3 aromatic rings. The van der Waals surface area contributed by atoms with Crippen LogP contribution in [0.3, 0.4) is 0 Å².